The number of hydrogen-bond acceptors (Lipinski definition) is 3. The molecule has 1 unspecified atom stereocenters. The quantitative estimate of drug-likeness (QED) is 0.818. The van der Waals surface area contributed by atoms with Crippen LogP contribution in [0.25, 0.3) is 0 Å². The Hall–Kier alpha value is -0.580. The van der Waals surface area contributed by atoms with Gasteiger partial charge in [-0.2, -0.15) is 0 Å². The minimum Gasteiger partial charge on any atom is -0.488 e. The lowest BCUT2D eigenvalue weighted by Crippen LogP contribution is -2.31. The van der Waals surface area contributed by atoms with Crippen LogP contribution in [-0.2, 0) is 11.2 Å². The molecule has 0 radical (unpaired) electrons. The highest BCUT2D eigenvalue weighted by Crippen LogP contribution is 2.30. The van der Waals surface area contributed by atoms with Crippen molar-refractivity contribution in [1.29, 1.82) is 0 Å². The third-order valence-corrected chi connectivity index (χ3v) is 3.33. The minimum absolute atomic E-state index is 0.266. The molecular weight excluding hydrogens is 282 g/mol. The summed E-state index contributed by atoms with van der Waals surface area (Å²) in [6.45, 7) is 2.69. The molecule has 0 aliphatic carbocycles. The van der Waals surface area contributed by atoms with Gasteiger partial charge in [-0.1, -0.05) is 15.9 Å². The van der Waals surface area contributed by atoms with Gasteiger partial charge < -0.3 is 14.8 Å². The van der Waals surface area contributed by atoms with Crippen LogP contribution in [0.1, 0.15) is 12.0 Å². The zero-order chi connectivity index (χ0) is 12.1. The van der Waals surface area contributed by atoms with Crippen LogP contribution in [0.15, 0.2) is 22.7 Å². The summed E-state index contributed by atoms with van der Waals surface area (Å²) in [7, 11) is 1.73. The molecule has 0 bridgehead atoms. The van der Waals surface area contributed by atoms with E-state index < -0.39 is 0 Å². The van der Waals surface area contributed by atoms with Gasteiger partial charge in [0.1, 0.15) is 11.9 Å². The summed E-state index contributed by atoms with van der Waals surface area (Å²) in [5.74, 6) is 1.02. The molecule has 1 aliphatic heterocycles. The SMILES string of the molecule is COCCCNCC1Cc2cc(Br)ccc2O1. The predicted octanol–water partition coefficient (Wildman–Crippen LogP) is 2.38. The van der Waals surface area contributed by atoms with Gasteiger partial charge in [0.15, 0.2) is 0 Å². The Morgan fingerprint density at radius 2 is 2.41 bits per heavy atom. The number of methoxy groups -OCH3 is 1. The van der Waals surface area contributed by atoms with E-state index in [1.165, 1.54) is 5.56 Å². The summed E-state index contributed by atoms with van der Waals surface area (Å²) in [5.41, 5.74) is 1.29. The molecule has 17 heavy (non-hydrogen) atoms. The smallest absolute Gasteiger partial charge is 0.123 e. The Kier molecular flexibility index (Phi) is 4.83. The van der Waals surface area contributed by atoms with E-state index in [9.17, 15) is 0 Å². The molecule has 1 atom stereocenters. The van der Waals surface area contributed by atoms with Gasteiger partial charge in [-0.15, -0.1) is 0 Å². The van der Waals surface area contributed by atoms with Crippen LogP contribution in [0, 0.1) is 0 Å². The highest BCUT2D eigenvalue weighted by molar-refractivity contribution is 9.10. The second kappa shape index (κ2) is 6.38. The fourth-order valence-electron chi connectivity index (χ4n) is 2.01. The van der Waals surface area contributed by atoms with E-state index in [-0.39, 0.29) is 6.10 Å². The van der Waals surface area contributed by atoms with Crippen molar-refractivity contribution in [2.75, 3.05) is 26.8 Å². The molecular formula is C13H18BrNO2. The monoisotopic (exact) mass is 299 g/mol. The van der Waals surface area contributed by atoms with Crippen molar-refractivity contribution in [2.24, 2.45) is 0 Å². The molecule has 1 aromatic rings. The summed E-state index contributed by atoms with van der Waals surface area (Å²) in [4.78, 5) is 0. The number of nitrogens with one attached hydrogen (secondary N) is 1. The third-order valence-electron chi connectivity index (χ3n) is 2.84. The van der Waals surface area contributed by atoms with Gasteiger partial charge in [0.2, 0.25) is 0 Å². The van der Waals surface area contributed by atoms with Crippen LogP contribution in [0.5, 0.6) is 5.75 Å². The van der Waals surface area contributed by atoms with E-state index in [4.69, 9.17) is 9.47 Å². The van der Waals surface area contributed by atoms with Crippen molar-refractivity contribution < 1.29 is 9.47 Å². The molecule has 0 saturated carbocycles. The van der Waals surface area contributed by atoms with E-state index in [1.54, 1.807) is 7.11 Å². The summed E-state index contributed by atoms with van der Waals surface area (Å²) >= 11 is 3.48. The summed E-state index contributed by atoms with van der Waals surface area (Å²) in [6.07, 6.45) is 2.30. The zero-order valence-electron chi connectivity index (χ0n) is 10.0. The molecule has 1 aromatic carbocycles. The van der Waals surface area contributed by atoms with Gasteiger partial charge in [0, 0.05) is 31.2 Å². The van der Waals surface area contributed by atoms with Gasteiger partial charge in [-0.3, -0.25) is 0 Å². The molecule has 2 rings (SSSR count). The predicted molar refractivity (Wildman–Crippen MR) is 71.6 cm³/mol. The first kappa shape index (κ1) is 12.9. The Morgan fingerprint density at radius 1 is 1.53 bits per heavy atom. The Bertz CT molecular complexity index is 370. The van der Waals surface area contributed by atoms with Crippen molar-refractivity contribution in [2.45, 2.75) is 18.9 Å². The highest BCUT2D eigenvalue weighted by atomic mass is 79.9. The van der Waals surface area contributed by atoms with E-state index in [1.807, 2.05) is 12.1 Å². The van der Waals surface area contributed by atoms with E-state index in [2.05, 4.69) is 27.3 Å². The maximum atomic E-state index is 5.85. The fraction of sp³-hybridized carbons (Fsp3) is 0.538. The van der Waals surface area contributed by atoms with Gasteiger partial charge in [-0.25, -0.2) is 0 Å². The van der Waals surface area contributed by atoms with Gasteiger partial charge in [0.25, 0.3) is 0 Å². The minimum atomic E-state index is 0.266. The molecule has 0 saturated heterocycles. The van der Waals surface area contributed by atoms with Crippen molar-refractivity contribution in [1.82, 2.24) is 5.32 Å². The first-order valence-electron chi connectivity index (χ1n) is 5.94. The van der Waals surface area contributed by atoms with E-state index in [0.717, 1.165) is 42.8 Å². The Balaban J connectivity index is 1.73. The molecule has 0 fully saturated rings. The summed E-state index contributed by atoms with van der Waals surface area (Å²) in [6, 6.07) is 6.19. The van der Waals surface area contributed by atoms with Crippen molar-refractivity contribution >= 4 is 15.9 Å². The van der Waals surface area contributed by atoms with Crippen molar-refractivity contribution in [3.8, 4) is 5.75 Å². The summed E-state index contributed by atoms with van der Waals surface area (Å²) in [5, 5.41) is 3.39. The second-order valence-electron chi connectivity index (χ2n) is 4.25. The number of ether oxygens (including phenoxy) is 2. The number of benzene rings is 1. The van der Waals surface area contributed by atoms with Crippen molar-refractivity contribution in [3.05, 3.63) is 28.2 Å². The molecule has 0 spiro atoms. The molecule has 1 N–H and O–H groups in total. The first-order valence-corrected chi connectivity index (χ1v) is 6.73. The number of rotatable bonds is 6. The van der Waals surface area contributed by atoms with Gasteiger partial charge in [0.05, 0.1) is 0 Å². The molecule has 1 heterocycles. The molecule has 0 aromatic heterocycles. The van der Waals surface area contributed by atoms with Crippen LogP contribution in [0.3, 0.4) is 0 Å². The lowest BCUT2D eigenvalue weighted by molar-refractivity contribution is 0.189. The Morgan fingerprint density at radius 3 is 3.24 bits per heavy atom. The largest absolute Gasteiger partial charge is 0.488 e. The van der Waals surface area contributed by atoms with Crippen LogP contribution >= 0.6 is 15.9 Å². The molecule has 0 amide bonds. The van der Waals surface area contributed by atoms with Crippen LogP contribution < -0.4 is 10.1 Å². The average molecular weight is 300 g/mol. The molecule has 4 heteroatoms. The van der Waals surface area contributed by atoms with E-state index >= 15 is 0 Å². The van der Waals surface area contributed by atoms with Crippen LogP contribution in [0.4, 0.5) is 0 Å². The first-order chi connectivity index (χ1) is 8.29. The summed E-state index contributed by atoms with van der Waals surface area (Å²) < 4.78 is 12.0. The van der Waals surface area contributed by atoms with Gasteiger partial charge in [-0.05, 0) is 36.7 Å². The third kappa shape index (κ3) is 3.69. The maximum absolute atomic E-state index is 5.85. The normalized spacial score (nSPS) is 17.9. The van der Waals surface area contributed by atoms with Crippen molar-refractivity contribution in [3.63, 3.8) is 0 Å². The number of fused-ring (bicyclic) bond motifs is 1. The molecule has 3 nitrogen and oxygen atoms in total. The lowest BCUT2D eigenvalue weighted by Gasteiger charge is -2.11. The van der Waals surface area contributed by atoms with Gasteiger partial charge >= 0.3 is 0 Å². The lowest BCUT2D eigenvalue weighted by atomic mass is 10.1. The maximum Gasteiger partial charge on any atom is 0.123 e. The fourth-order valence-corrected chi connectivity index (χ4v) is 2.42. The number of halogens is 1. The molecule has 1 aliphatic rings. The topological polar surface area (TPSA) is 30.5 Å². The zero-order valence-corrected chi connectivity index (χ0v) is 11.6. The Labute approximate surface area is 111 Å². The second-order valence-corrected chi connectivity index (χ2v) is 5.16. The average Bonchev–Trinajstić information content (AvgIpc) is 2.70. The van der Waals surface area contributed by atoms with E-state index in [0.29, 0.717) is 0 Å². The highest BCUT2D eigenvalue weighted by Gasteiger charge is 2.22. The van der Waals surface area contributed by atoms with Crippen LogP contribution in [0.2, 0.25) is 0 Å². The molecule has 94 valence electrons. The van der Waals surface area contributed by atoms with Crippen LogP contribution in [-0.4, -0.2) is 32.9 Å². The number of hydrogen-bond donors (Lipinski definition) is 1. The standard InChI is InChI=1S/C13H18BrNO2/c1-16-6-2-5-15-9-12-8-10-7-11(14)3-4-13(10)17-12/h3-4,7,12,15H,2,5-6,8-9H2,1H3.